The number of ether oxygens (including phenoxy) is 1. The minimum Gasteiger partial charge on any atom is -0.504 e. The maximum absolute atomic E-state index is 10.7. The van der Waals surface area contributed by atoms with Crippen molar-refractivity contribution in [2.75, 3.05) is 6.61 Å². The van der Waals surface area contributed by atoms with Gasteiger partial charge < -0.3 is 14.9 Å². The summed E-state index contributed by atoms with van der Waals surface area (Å²) >= 11 is 0. The molecule has 2 rings (SSSR count). The molecule has 4 nitrogen and oxygen atoms in total. The lowest BCUT2D eigenvalue weighted by molar-refractivity contribution is -0.138. The summed E-state index contributed by atoms with van der Waals surface area (Å²) in [6, 6.07) is 5.04. The number of phenolic OH excluding ortho intramolecular Hbond substituents is 1. The lowest BCUT2D eigenvalue weighted by Gasteiger charge is -2.07. The van der Waals surface area contributed by atoms with Gasteiger partial charge in [0.05, 0.1) is 12.5 Å². The number of hydrogen-bond acceptors (Lipinski definition) is 3. The first-order valence-corrected chi connectivity index (χ1v) is 5.32. The summed E-state index contributed by atoms with van der Waals surface area (Å²) in [6.07, 6.45) is 0.672. The maximum atomic E-state index is 10.7. The smallest absolute Gasteiger partial charge is 0.307 e. The standard InChI is InChI=1S/C12H14O4/c1-2-16-11-5-7(3-4-10(11)13)8-6-9(8)12(14)15/h3-5,8-9,13H,2,6H2,1H3,(H,14,15)/t8-,9+/m0/s1. The van der Waals surface area contributed by atoms with Crippen molar-refractivity contribution in [1.82, 2.24) is 0 Å². The van der Waals surface area contributed by atoms with Gasteiger partial charge in [-0.3, -0.25) is 4.79 Å². The van der Waals surface area contributed by atoms with Gasteiger partial charge in [-0.1, -0.05) is 6.07 Å². The Balaban J connectivity index is 2.17. The van der Waals surface area contributed by atoms with E-state index in [1.54, 1.807) is 18.2 Å². The van der Waals surface area contributed by atoms with Crippen LogP contribution in [0.5, 0.6) is 11.5 Å². The van der Waals surface area contributed by atoms with Crippen LogP contribution in [-0.2, 0) is 4.79 Å². The third-order valence-corrected chi connectivity index (χ3v) is 2.82. The highest BCUT2D eigenvalue weighted by Crippen LogP contribution is 2.48. The normalized spacial score (nSPS) is 22.8. The van der Waals surface area contributed by atoms with E-state index in [-0.39, 0.29) is 17.6 Å². The van der Waals surface area contributed by atoms with Gasteiger partial charge in [0, 0.05) is 0 Å². The van der Waals surface area contributed by atoms with E-state index in [0.29, 0.717) is 18.8 Å². The van der Waals surface area contributed by atoms with Crippen LogP contribution in [0.15, 0.2) is 18.2 Å². The Morgan fingerprint density at radius 3 is 2.88 bits per heavy atom. The first-order valence-electron chi connectivity index (χ1n) is 5.32. The largest absolute Gasteiger partial charge is 0.504 e. The van der Waals surface area contributed by atoms with Gasteiger partial charge in [-0.25, -0.2) is 0 Å². The van der Waals surface area contributed by atoms with Gasteiger partial charge in [-0.05, 0) is 37.0 Å². The van der Waals surface area contributed by atoms with Crippen LogP contribution in [0.3, 0.4) is 0 Å². The minimum atomic E-state index is -0.754. The fourth-order valence-corrected chi connectivity index (χ4v) is 1.87. The van der Waals surface area contributed by atoms with Crippen molar-refractivity contribution in [2.45, 2.75) is 19.3 Å². The molecule has 16 heavy (non-hydrogen) atoms. The predicted octanol–water partition coefficient (Wildman–Crippen LogP) is 1.98. The SMILES string of the molecule is CCOc1cc([C@@H]2C[C@H]2C(=O)O)ccc1O. The highest BCUT2D eigenvalue weighted by atomic mass is 16.5. The zero-order valence-electron chi connectivity index (χ0n) is 9.01. The van der Waals surface area contributed by atoms with Gasteiger partial charge in [0.25, 0.3) is 0 Å². The Labute approximate surface area is 93.5 Å². The fourth-order valence-electron chi connectivity index (χ4n) is 1.87. The second-order valence-electron chi connectivity index (χ2n) is 3.95. The number of benzene rings is 1. The highest BCUT2D eigenvalue weighted by molar-refractivity contribution is 5.75. The number of carboxylic acid groups (broad SMARTS) is 1. The quantitative estimate of drug-likeness (QED) is 0.817. The molecule has 86 valence electrons. The van der Waals surface area contributed by atoms with Gasteiger partial charge in [0.1, 0.15) is 0 Å². The van der Waals surface area contributed by atoms with Crippen molar-refractivity contribution in [1.29, 1.82) is 0 Å². The van der Waals surface area contributed by atoms with Gasteiger partial charge in [0.2, 0.25) is 0 Å². The van der Waals surface area contributed by atoms with Crippen molar-refractivity contribution in [3.8, 4) is 11.5 Å². The van der Waals surface area contributed by atoms with Crippen LogP contribution in [-0.4, -0.2) is 22.8 Å². The molecule has 0 aromatic heterocycles. The van der Waals surface area contributed by atoms with Gasteiger partial charge >= 0.3 is 5.97 Å². The van der Waals surface area contributed by atoms with E-state index in [1.807, 2.05) is 6.92 Å². The molecule has 2 N–H and O–H groups in total. The molecule has 0 bridgehead atoms. The molecule has 0 heterocycles. The van der Waals surface area contributed by atoms with Gasteiger partial charge in [-0.15, -0.1) is 0 Å². The third-order valence-electron chi connectivity index (χ3n) is 2.82. The molecular weight excluding hydrogens is 208 g/mol. The first kappa shape index (κ1) is 10.8. The summed E-state index contributed by atoms with van der Waals surface area (Å²) in [5.74, 6) is -0.443. The predicted molar refractivity (Wildman–Crippen MR) is 57.8 cm³/mol. The van der Waals surface area contributed by atoms with E-state index in [4.69, 9.17) is 9.84 Å². The Hall–Kier alpha value is -1.71. The van der Waals surface area contributed by atoms with E-state index in [9.17, 15) is 9.90 Å². The average molecular weight is 222 g/mol. The van der Waals surface area contributed by atoms with Crippen LogP contribution in [0.2, 0.25) is 0 Å². The maximum Gasteiger partial charge on any atom is 0.307 e. The monoisotopic (exact) mass is 222 g/mol. The lowest BCUT2D eigenvalue weighted by Crippen LogP contribution is -1.99. The van der Waals surface area contributed by atoms with E-state index >= 15 is 0 Å². The number of carboxylic acids is 1. The van der Waals surface area contributed by atoms with E-state index in [1.165, 1.54) is 0 Å². The molecule has 0 amide bonds. The average Bonchev–Trinajstić information content (AvgIpc) is 3.01. The Morgan fingerprint density at radius 1 is 1.56 bits per heavy atom. The van der Waals surface area contributed by atoms with Crippen LogP contribution >= 0.6 is 0 Å². The summed E-state index contributed by atoms with van der Waals surface area (Å²) in [5, 5.41) is 18.3. The topological polar surface area (TPSA) is 66.8 Å². The lowest BCUT2D eigenvalue weighted by atomic mass is 10.1. The summed E-state index contributed by atoms with van der Waals surface area (Å²) < 4.78 is 5.25. The molecule has 0 radical (unpaired) electrons. The molecule has 1 fully saturated rings. The Bertz CT molecular complexity index is 413. The van der Waals surface area contributed by atoms with Crippen molar-refractivity contribution < 1.29 is 19.7 Å². The summed E-state index contributed by atoms with van der Waals surface area (Å²) in [4.78, 5) is 10.7. The van der Waals surface area contributed by atoms with Gasteiger partial charge in [0.15, 0.2) is 11.5 Å². The van der Waals surface area contributed by atoms with E-state index in [0.717, 1.165) is 5.56 Å². The second-order valence-corrected chi connectivity index (χ2v) is 3.95. The van der Waals surface area contributed by atoms with Crippen LogP contribution < -0.4 is 4.74 Å². The molecule has 0 spiro atoms. The van der Waals surface area contributed by atoms with Crippen molar-refractivity contribution in [3.63, 3.8) is 0 Å². The third kappa shape index (κ3) is 1.96. The van der Waals surface area contributed by atoms with Crippen LogP contribution in [0.1, 0.15) is 24.8 Å². The van der Waals surface area contributed by atoms with Crippen LogP contribution in [0.4, 0.5) is 0 Å². The van der Waals surface area contributed by atoms with E-state index in [2.05, 4.69) is 0 Å². The Morgan fingerprint density at radius 2 is 2.31 bits per heavy atom. The highest BCUT2D eigenvalue weighted by Gasteiger charge is 2.44. The molecule has 0 aliphatic heterocycles. The fraction of sp³-hybridized carbons (Fsp3) is 0.417. The zero-order valence-corrected chi connectivity index (χ0v) is 9.01. The zero-order chi connectivity index (χ0) is 11.7. The summed E-state index contributed by atoms with van der Waals surface area (Å²) in [6.45, 7) is 2.31. The number of rotatable bonds is 4. The molecule has 1 aliphatic carbocycles. The van der Waals surface area contributed by atoms with Crippen LogP contribution in [0, 0.1) is 5.92 Å². The molecule has 1 aromatic rings. The number of aromatic hydroxyl groups is 1. The molecule has 1 aromatic carbocycles. The van der Waals surface area contributed by atoms with Crippen molar-refractivity contribution in [3.05, 3.63) is 23.8 Å². The van der Waals surface area contributed by atoms with E-state index < -0.39 is 5.97 Å². The van der Waals surface area contributed by atoms with Crippen molar-refractivity contribution >= 4 is 5.97 Å². The minimum absolute atomic E-state index is 0.0670. The molecule has 1 aliphatic rings. The second kappa shape index (κ2) is 4.04. The number of carbonyl (C=O) groups is 1. The van der Waals surface area contributed by atoms with Crippen LogP contribution in [0.25, 0.3) is 0 Å². The number of aliphatic carboxylic acids is 1. The van der Waals surface area contributed by atoms with Gasteiger partial charge in [-0.2, -0.15) is 0 Å². The number of hydrogen-bond donors (Lipinski definition) is 2. The molecule has 4 heteroatoms. The van der Waals surface area contributed by atoms with Crippen molar-refractivity contribution in [2.24, 2.45) is 5.92 Å². The molecule has 0 unspecified atom stereocenters. The molecular formula is C12H14O4. The first-order chi connectivity index (χ1) is 7.63. The Kier molecular flexibility index (Phi) is 2.73. The molecule has 0 saturated heterocycles. The summed E-state index contributed by atoms with van der Waals surface area (Å²) in [5.41, 5.74) is 0.925. The molecule has 2 atom stereocenters. The number of phenols is 1. The molecule has 1 saturated carbocycles. The summed E-state index contributed by atoms with van der Waals surface area (Å²) in [7, 11) is 0.